The molecule has 0 saturated carbocycles. The lowest BCUT2D eigenvalue weighted by Crippen LogP contribution is -2.03. The highest BCUT2D eigenvalue weighted by Crippen LogP contribution is 2.22. The zero-order valence-electron chi connectivity index (χ0n) is 9.70. The monoisotopic (exact) mass is 246 g/mol. The van der Waals surface area contributed by atoms with Gasteiger partial charge in [0, 0.05) is 11.6 Å². The topological polar surface area (TPSA) is 38.0 Å². The first kappa shape index (κ1) is 11.8. The molecule has 0 spiro atoms. The van der Waals surface area contributed by atoms with Gasteiger partial charge in [-0.05, 0) is 36.2 Å². The fourth-order valence-electron chi connectivity index (χ4n) is 1.66. The first-order chi connectivity index (χ1) is 8.16. The van der Waals surface area contributed by atoms with Crippen LogP contribution in [-0.2, 0) is 6.54 Å². The predicted octanol–water partition coefficient (Wildman–Crippen LogP) is 3.84. The number of nitrogens with two attached hydrogens (primary N) is 1. The average Bonchev–Trinajstić information content (AvgIpc) is 2.32. The third-order valence-corrected chi connectivity index (χ3v) is 3.00. The Bertz CT molecular complexity index is 523. The molecule has 0 unspecified atom stereocenters. The molecule has 0 bridgehead atoms. The van der Waals surface area contributed by atoms with Crippen LogP contribution in [0.3, 0.4) is 0 Å². The van der Waals surface area contributed by atoms with Crippen LogP contribution in [0.15, 0.2) is 42.5 Å². The molecule has 0 heterocycles. The van der Waals surface area contributed by atoms with Crippen LogP contribution in [0.5, 0.6) is 0 Å². The van der Waals surface area contributed by atoms with Crippen LogP contribution in [-0.4, -0.2) is 0 Å². The summed E-state index contributed by atoms with van der Waals surface area (Å²) in [7, 11) is 0. The van der Waals surface area contributed by atoms with E-state index in [1.54, 1.807) is 0 Å². The maximum absolute atomic E-state index is 6.09. The first-order valence-corrected chi connectivity index (χ1v) is 5.88. The lowest BCUT2D eigenvalue weighted by Gasteiger charge is -2.11. The highest BCUT2D eigenvalue weighted by Gasteiger charge is 2.01. The molecular formula is C14H15ClN2. The Hall–Kier alpha value is -1.67. The van der Waals surface area contributed by atoms with Gasteiger partial charge in [0.1, 0.15) is 0 Å². The van der Waals surface area contributed by atoms with E-state index in [1.165, 1.54) is 5.56 Å². The third kappa shape index (κ3) is 2.92. The summed E-state index contributed by atoms with van der Waals surface area (Å²) in [6, 6.07) is 13.7. The van der Waals surface area contributed by atoms with E-state index in [1.807, 2.05) is 49.4 Å². The lowest BCUT2D eigenvalue weighted by molar-refractivity contribution is 1.15. The number of hydrogen-bond acceptors (Lipinski definition) is 2. The fraction of sp³-hybridized carbons (Fsp3) is 0.143. The Morgan fingerprint density at radius 2 is 1.94 bits per heavy atom. The Morgan fingerprint density at radius 1 is 1.18 bits per heavy atom. The van der Waals surface area contributed by atoms with Crippen LogP contribution < -0.4 is 11.1 Å². The molecule has 0 aliphatic heterocycles. The Labute approximate surface area is 106 Å². The summed E-state index contributed by atoms with van der Waals surface area (Å²) in [6.45, 7) is 2.72. The quantitative estimate of drug-likeness (QED) is 0.808. The number of benzene rings is 2. The van der Waals surface area contributed by atoms with E-state index in [2.05, 4.69) is 5.32 Å². The van der Waals surface area contributed by atoms with Gasteiger partial charge in [-0.2, -0.15) is 0 Å². The van der Waals surface area contributed by atoms with Crippen molar-refractivity contribution in [1.29, 1.82) is 0 Å². The second kappa shape index (κ2) is 5.11. The summed E-state index contributed by atoms with van der Waals surface area (Å²) in [5.41, 5.74) is 9.84. The molecule has 2 aromatic rings. The molecule has 3 N–H and O–H groups in total. The predicted molar refractivity (Wildman–Crippen MR) is 74.4 cm³/mol. The van der Waals surface area contributed by atoms with E-state index >= 15 is 0 Å². The van der Waals surface area contributed by atoms with E-state index in [9.17, 15) is 0 Å². The third-order valence-electron chi connectivity index (χ3n) is 2.64. The molecule has 0 aliphatic rings. The molecule has 2 rings (SSSR count). The Kier molecular flexibility index (Phi) is 3.55. The molecule has 3 heteroatoms. The van der Waals surface area contributed by atoms with Crippen LogP contribution in [0, 0.1) is 6.92 Å². The van der Waals surface area contributed by atoms with Gasteiger partial charge in [0.15, 0.2) is 0 Å². The summed E-state index contributed by atoms with van der Waals surface area (Å²) in [6.07, 6.45) is 0. The fourth-order valence-corrected chi connectivity index (χ4v) is 1.86. The standard InChI is InChI=1S/C14H15ClN2/c1-10-6-7-13(16)14(8-10)17-9-11-4-2-3-5-12(11)15/h2-8,17H,9,16H2,1H3. The molecule has 0 radical (unpaired) electrons. The van der Waals surface area contributed by atoms with Crippen molar-refractivity contribution in [3.05, 3.63) is 58.6 Å². The van der Waals surface area contributed by atoms with Gasteiger partial charge in [-0.15, -0.1) is 0 Å². The van der Waals surface area contributed by atoms with Gasteiger partial charge in [-0.3, -0.25) is 0 Å². The Balaban J connectivity index is 2.12. The van der Waals surface area contributed by atoms with Gasteiger partial charge in [0.2, 0.25) is 0 Å². The second-order valence-electron chi connectivity index (χ2n) is 4.04. The number of hydrogen-bond donors (Lipinski definition) is 2. The van der Waals surface area contributed by atoms with Gasteiger partial charge in [0.25, 0.3) is 0 Å². The van der Waals surface area contributed by atoms with Crippen molar-refractivity contribution < 1.29 is 0 Å². The minimum atomic E-state index is 0.674. The first-order valence-electron chi connectivity index (χ1n) is 5.50. The minimum Gasteiger partial charge on any atom is -0.397 e. The normalized spacial score (nSPS) is 10.2. The van der Waals surface area contributed by atoms with Gasteiger partial charge in [0.05, 0.1) is 11.4 Å². The lowest BCUT2D eigenvalue weighted by atomic mass is 10.1. The second-order valence-corrected chi connectivity index (χ2v) is 4.44. The van der Waals surface area contributed by atoms with E-state index in [0.29, 0.717) is 6.54 Å². The van der Waals surface area contributed by atoms with Crippen molar-refractivity contribution in [3.63, 3.8) is 0 Å². The van der Waals surface area contributed by atoms with Crippen molar-refractivity contribution in [1.82, 2.24) is 0 Å². The number of nitrogens with one attached hydrogen (secondary N) is 1. The zero-order chi connectivity index (χ0) is 12.3. The highest BCUT2D eigenvalue weighted by atomic mass is 35.5. The summed E-state index contributed by atoms with van der Waals surface area (Å²) < 4.78 is 0. The van der Waals surface area contributed by atoms with E-state index in [4.69, 9.17) is 17.3 Å². The maximum Gasteiger partial charge on any atom is 0.0579 e. The maximum atomic E-state index is 6.09. The van der Waals surface area contributed by atoms with Crippen molar-refractivity contribution in [2.75, 3.05) is 11.1 Å². The largest absolute Gasteiger partial charge is 0.397 e. The molecule has 0 aliphatic carbocycles. The number of aryl methyl sites for hydroxylation is 1. The molecule has 0 atom stereocenters. The van der Waals surface area contributed by atoms with E-state index < -0.39 is 0 Å². The van der Waals surface area contributed by atoms with Crippen LogP contribution in [0.1, 0.15) is 11.1 Å². The van der Waals surface area contributed by atoms with Crippen molar-refractivity contribution >= 4 is 23.0 Å². The summed E-state index contributed by atoms with van der Waals surface area (Å²) >= 11 is 6.09. The average molecular weight is 247 g/mol. The van der Waals surface area contributed by atoms with Gasteiger partial charge >= 0.3 is 0 Å². The van der Waals surface area contributed by atoms with Crippen LogP contribution in [0.25, 0.3) is 0 Å². The van der Waals surface area contributed by atoms with Crippen molar-refractivity contribution in [3.8, 4) is 0 Å². The number of halogens is 1. The molecule has 17 heavy (non-hydrogen) atoms. The molecular weight excluding hydrogens is 232 g/mol. The molecule has 0 saturated heterocycles. The minimum absolute atomic E-state index is 0.674. The highest BCUT2D eigenvalue weighted by molar-refractivity contribution is 6.31. The van der Waals surface area contributed by atoms with Crippen molar-refractivity contribution in [2.45, 2.75) is 13.5 Å². The van der Waals surface area contributed by atoms with E-state index in [-0.39, 0.29) is 0 Å². The smallest absolute Gasteiger partial charge is 0.0579 e. The number of nitrogen functional groups attached to an aromatic ring is 1. The molecule has 0 amide bonds. The summed E-state index contributed by atoms with van der Waals surface area (Å²) in [4.78, 5) is 0. The summed E-state index contributed by atoms with van der Waals surface area (Å²) in [5, 5.41) is 4.07. The molecule has 2 nitrogen and oxygen atoms in total. The number of rotatable bonds is 3. The molecule has 0 fully saturated rings. The van der Waals surface area contributed by atoms with Gasteiger partial charge < -0.3 is 11.1 Å². The van der Waals surface area contributed by atoms with Crippen LogP contribution in [0.2, 0.25) is 5.02 Å². The van der Waals surface area contributed by atoms with Crippen molar-refractivity contribution in [2.24, 2.45) is 0 Å². The number of anilines is 2. The summed E-state index contributed by atoms with van der Waals surface area (Å²) in [5.74, 6) is 0. The van der Waals surface area contributed by atoms with Crippen LogP contribution in [0.4, 0.5) is 11.4 Å². The molecule has 88 valence electrons. The molecule has 0 aromatic heterocycles. The zero-order valence-corrected chi connectivity index (χ0v) is 10.5. The molecule has 2 aromatic carbocycles. The van der Waals surface area contributed by atoms with Gasteiger partial charge in [-0.1, -0.05) is 35.9 Å². The van der Waals surface area contributed by atoms with Crippen LogP contribution >= 0.6 is 11.6 Å². The van der Waals surface area contributed by atoms with Gasteiger partial charge in [-0.25, -0.2) is 0 Å². The Morgan fingerprint density at radius 3 is 2.71 bits per heavy atom. The SMILES string of the molecule is Cc1ccc(N)c(NCc2ccccc2Cl)c1. The van der Waals surface area contributed by atoms with E-state index in [0.717, 1.165) is 22.0 Å².